The van der Waals surface area contributed by atoms with Crippen molar-refractivity contribution < 1.29 is 19.1 Å². The van der Waals surface area contributed by atoms with E-state index in [1.54, 1.807) is 0 Å². The van der Waals surface area contributed by atoms with E-state index in [9.17, 15) is 9.59 Å². The Hall–Kier alpha value is -1.26. The summed E-state index contributed by atoms with van der Waals surface area (Å²) in [7, 11) is 0. The molecule has 0 saturated carbocycles. The normalized spacial score (nSPS) is 19.3. The lowest BCUT2D eigenvalue weighted by molar-refractivity contribution is -0.139. The van der Waals surface area contributed by atoms with Crippen molar-refractivity contribution in [1.29, 1.82) is 0 Å². The highest BCUT2D eigenvalue weighted by atomic mass is 16.6. The fourth-order valence-electron chi connectivity index (χ4n) is 1.50. The van der Waals surface area contributed by atoms with Crippen LogP contribution in [0.2, 0.25) is 0 Å². The van der Waals surface area contributed by atoms with Crippen molar-refractivity contribution >= 4 is 12.1 Å². The molecule has 0 aromatic heterocycles. The van der Waals surface area contributed by atoms with Gasteiger partial charge in [-0.15, -0.1) is 0 Å². The van der Waals surface area contributed by atoms with E-state index in [1.807, 2.05) is 0 Å². The molecule has 0 aromatic rings. The van der Waals surface area contributed by atoms with E-state index in [1.165, 1.54) is 0 Å². The fraction of sp³-hybridized carbons (Fsp3) is 0.818. The zero-order valence-corrected chi connectivity index (χ0v) is 9.66. The average molecular weight is 229 g/mol. The molecule has 1 atom stereocenters. The second kappa shape index (κ2) is 7.09. The minimum Gasteiger partial charge on any atom is -0.464 e. The summed E-state index contributed by atoms with van der Waals surface area (Å²) < 4.78 is 9.66. The molecule has 5 nitrogen and oxygen atoms in total. The SMILES string of the molecule is CCCCCCOC(=O)NC1CCOC1=O. The van der Waals surface area contributed by atoms with Gasteiger partial charge in [0.1, 0.15) is 6.04 Å². The number of hydrogen-bond acceptors (Lipinski definition) is 4. The molecule has 0 spiro atoms. The Labute approximate surface area is 95.5 Å². The first-order valence-corrected chi connectivity index (χ1v) is 5.84. The van der Waals surface area contributed by atoms with Crippen LogP contribution in [0.4, 0.5) is 4.79 Å². The maximum absolute atomic E-state index is 11.2. The molecule has 1 rings (SSSR count). The van der Waals surface area contributed by atoms with Gasteiger partial charge >= 0.3 is 12.1 Å². The van der Waals surface area contributed by atoms with Crippen molar-refractivity contribution in [2.75, 3.05) is 13.2 Å². The number of ether oxygens (including phenoxy) is 2. The maximum Gasteiger partial charge on any atom is 0.407 e. The van der Waals surface area contributed by atoms with Gasteiger partial charge in [0, 0.05) is 6.42 Å². The van der Waals surface area contributed by atoms with Crippen LogP contribution in [0.15, 0.2) is 0 Å². The van der Waals surface area contributed by atoms with Gasteiger partial charge in [-0.3, -0.25) is 0 Å². The molecule has 1 saturated heterocycles. The van der Waals surface area contributed by atoms with Gasteiger partial charge in [-0.1, -0.05) is 26.2 Å². The third kappa shape index (κ3) is 4.51. The lowest BCUT2D eigenvalue weighted by Crippen LogP contribution is -2.38. The van der Waals surface area contributed by atoms with Gasteiger partial charge in [0.25, 0.3) is 0 Å². The summed E-state index contributed by atoms with van der Waals surface area (Å²) in [5.41, 5.74) is 0. The Balaban J connectivity index is 2.04. The summed E-state index contributed by atoms with van der Waals surface area (Å²) in [5, 5.41) is 2.48. The van der Waals surface area contributed by atoms with Gasteiger partial charge < -0.3 is 14.8 Å². The van der Waals surface area contributed by atoms with E-state index in [0.29, 0.717) is 19.6 Å². The maximum atomic E-state index is 11.2. The van der Waals surface area contributed by atoms with Crippen LogP contribution in [0, 0.1) is 0 Å². The highest BCUT2D eigenvalue weighted by molar-refractivity contribution is 5.82. The average Bonchev–Trinajstić information content (AvgIpc) is 2.64. The Kier molecular flexibility index (Phi) is 5.67. The van der Waals surface area contributed by atoms with Crippen molar-refractivity contribution in [1.82, 2.24) is 5.32 Å². The van der Waals surface area contributed by atoms with E-state index in [-0.39, 0.29) is 5.97 Å². The molecule has 0 aliphatic carbocycles. The Morgan fingerprint density at radius 3 is 2.94 bits per heavy atom. The first kappa shape index (κ1) is 12.8. The highest BCUT2D eigenvalue weighted by Gasteiger charge is 2.28. The number of alkyl carbamates (subject to hydrolysis) is 1. The smallest absolute Gasteiger partial charge is 0.407 e. The Morgan fingerprint density at radius 1 is 1.50 bits per heavy atom. The van der Waals surface area contributed by atoms with Crippen molar-refractivity contribution in [2.24, 2.45) is 0 Å². The molecule has 92 valence electrons. The quantitative estimate of drug-likeness (QED) is 0.555. The molecular formula is C11H19NO4. The third-order valence-corrected chi connectivity index (χ3v) is 2.46. The van der Waals surface area contributed by atoms with Gasteiger partial charge in [0.05, 0.1) is 13.2 Å². The van der Waals surface area contributed by atoms with E-state index < -0.39 is 12.1 Å². The van der Waals surface area contributed by atoms with Crippen molar-refractivity contribution in [3.8, 4) is 0 Å². The number of amides is 1. The summed E-state index contributed by atoms with van der Waals surface area (Å²) in [6.07, 6.45) is 4.25. The van der Waals surface area contributed by atoms with Crippen LogP contribution in [0.5, 0.6) is 0 Å². The lowest BCUT2D eigenvalue weighted by atomic mass is 10.2. The number of carbonyl (C=O) groups excluding carboxylic acids is 2. The molecule has 0 aromatic carbocycles. The molecule has 5 heteroatoms. The van der Waals surface area contributed by atoms with Crippen molar-refractivity contribution in [3.05, 3.63) is 0 Å². The van der Waals surface area contributed by atoms with E-state index in [2.05, 4.69) is 12.2 Å². The summed E-state index contributed by atoms with van der Waals surface area (Å²) in [6, 6.07) is -0.525. The number of carbonyl (C=O) groups is 2. The zero-order chi connectivity index (χ0) is 11.8. The molecule has 1 aliphatic heterocycles. The Bertz CT molecular complexity index is 242. The van der Waals surface area contributed by atoms with Gasteiger partial charge in [-0.2, -0.15) is 0 Å². The molecular weight excluding hydrogens is 210 g/mol. The van der Waals surface area contributed by atoms with Crippen molar-refractivity contribution in [2.45, 2.75) is 45.1 Å². The van der Waals surface area contributed by atoms with Crippen LogP contribution < -0.4 is 5.32 Å². The number of cyclic esters (lactones) is 1. The van der Waals surface area contributed by atoms with E-state index in [0.717, 1.165) is 25.7 Å². The summed E-state index contributed by atoms with van der Waals surface area (Å²) in [4.78, 5) is 22.3. The fourth-order valence-corrected chi connectivity index (χ4v) is 1.50. The molecule has 1 fully saturated rings. The zero-order valence-electron chi connectivity index (χ0n) is 9.66. The second-order valence-electron chi connectivity index (χ2n) is 3.85. The highest BCUT2D eigenvalue weighted by Crippen LogP contribution is 2.06. The molecule has 0 radical (unpaired) electrons. The number of esters is 1. The first-order chi connectivity index (χ1) is 7.74. The van der Waals surface area contributed by atoms with E-state index >= 15 is 0 Å². The number of hydrogen-bond donors (Lipinski definition) is 1. The van der Waals surface area contributed by atoms with Crippen LogP contribution >= 0.6 is 0 Å². The predicted molar refractivity (Wildman–Crippen MR) is 58.0 cm³/mol. The largest absolute Gasteiger partial charge is 0.464 e. The second-order valence-corrected chi connectivity index (χ2v) is 3.85. The molecule has 16 heavy (non-hydrogen) atoms. The van der Waals surface area contributed by atoms with Crippen LogP contribution in [-0.4, -0.2) is 31.3 Å². The third-order valence-electron chi connectivity index (χ3n) is 2.46. The topological polar surface area (TPSA) is 64.6 Å². The number of unbranched alkanes of at least 4 members (excludes halogenated alkanes) is 3. The molecule has 1 unspecified atom stereocenters. The van der Waals surface area contributed by atoms with Crippen LogP contribution in [-0.2, 0) is 14.3 Å². The number of rotatable bonds is 6. The van der Waals surface area contributed by atoms with Gasteiger partial charge in [-0.25, -0.2) is 9.59 Å². The molecule has 1 heterocycles. The van der Waals surface area contributed by atoms with Gasteiger partial charge in [-0.05, 0) is 6.42 Å². The number of nitrogens with one attached hydrogen (secondary N) is 1. The summed E-state index contributed by atoms with van der Waals surface area (Å²) in [5.74, 6) is -0.372. The van der Waals surface area contributed by atoms with Gasteiger partial charge in [0.15, 0.2) is 0 Å². The van der Waals surface area contributed by atoms with Gasteiger partial charge in [0.2, 0.25) is 0 Å². The minimum absolute atomic E-state index is 0.372. The molecule has 0 bridgehead atoms. The minimum atomic E-state index is -0.527. The molecule has 1 amide bonds. The van der Waals surface area contributed by atoms with E-state index in [4.69, 9.17) is 9.47 Å². The van der Waals surface area contributed by atoms with Crippen molar-refractivity contribution in [3.63, 3.8) is 0 Å². The van der Waals surface area contributed by atoms with Crippen LogP contribution in [0.3, 0.4) is 0 Å². The van der Waals surface area contributed by atoms with Crippen LogP contribution in [0.1, 0.15) is 39.0 Å². The monoisotopic (exact) mass is 229 g/mol. The lowest BCUT2D eigenvalue weighted by Gasteiger charge is -2.09. The Morgan fingerprint density at radius 2 is 2.31 bits per heavy atom. The molecule has 1 N–H and O–H groups in total. The summed E-state index contributed by atoms with van der Waals surface area (Å²) >= 11 is 0. The predicted octanol–water partition coefficient (Wildman–Crippen LogP) is 1.61. The standard InChI is InChI=1S/C11H19NO4/c1-2-3-4-5-7-16-11(14)12-9-6-8-15-10(9)13/h9H,2-8H2,1H3,(H,12,14). The molecule has 1 aliphatic rings. The summed E-state index contributed by atoms with van der Waals surface area (Å²) in [6.45, 7) is 2.91. The first-order valence-electron chi connectivity index (χ1n) is 5.84. The van der Waals surface area contributed by atoms with Crippen LogP contribution in [0.25, 0.3) is 0 Å².